The van der Waals surface area contributed by atoms with Crippen LogP contribution in [0, 0.1) is 0 Å². The number of aliphatic imine (C=N–C) groups is 1. The number of ether oxygens (including phenoxy) is 2. The van der Waals surface area contributed by atoms with Crippen LogP contribution in [0.25, 0.3) is 0 Å². The van der Waals surface area contributed by atoms with E-state index < -0.39 is 0 Å². The zero-order chi connectivity index (χ0) is 10.4. The largest absolute Gasteiger partial charge is 0.454 e. The van der Waals surface area contributed by atoms with E-state index in [1.807, 2.05) is 12.1 Å². The predicted molar refractivity (Wildman–Crippen MR) is 56.1 cm³/mol. The average Bonchev–Trinajstić information content (AvgIpc) is 2.61. The molecule has 2 heterocycles. The minimum Gasteiger partial charge on any atom is -0.454 e. The molecule has 2 aliphatic rings. The molecule has 3 rings (SSSR count). The van der Waals surface area contributed by atoms with Crippen molar-refractivity contribution >= 4 is 5.84 Å². The highest BCUT2D eigenvalue weighted by Crippen LogP contribution is 2.36. The van der Waals surface area contributed by atoms with Crippen molar-refractivity contribution in [2.45, 2.75) is 6.42 Å². The number of amidine groups is 1. The summed E-state index contributed by atoms with van der Waals surface area (Å²) >= 11 is 0. The fourth-order valence-corrected chi connectivity index (χ4v) is 1.86. The molecule has 0 amide bonds. The Morgan fingerprint density at radius 2 is 2.00 bits per heavy atom. The number of allylic oxidation sites excluding steroid dienone is 1. The lowest BCUT2D eigenvalue weighted by atomic mass is 9.99. The third-order valence-corrected chi connectivity index (χ3v) is 2.55. The zero-order valence-corrected chi connectivity index (χ0v) is 8.12. The van der Waals surface area contributed by atoms with Gasteiger partial charge in [-0.1, -0.05) is 6.58 Å². The predicted octanol–water partition coefficient (Wildman–Crippen LogP) is 1.19. The molecule has 0 aromatic heterocycles. The van der Waals surface area contributed by atoms with E-state index in [1.54, 1.807) is 0 Å². The number of rotatable bonds is 0. The minimum absolute atomic E-state index is 0.274. The Kier molecular flexibility index (Phi) is 1.54. The lowest BCUT2D eigenvalue weighted by molar-refractivity contribution is 0.174. The molecule has 2 N–H and O–H groups in total. The molecule has 4 nitrogen and oxygen atoms in total. The molecular formula is C11H10N2O2. The molecule has 1 aromatic rings. The topological polar surface area (TPSA) is 56.8 Å². The van der Waals surface area contributed by atoms with E-state index in [-0.39, 0.29) is 6.79 Å². The van der Waals surface area contributed by atoms with Crippen LogP contribution < -0.4 is 15.2 Å². The molecule has 0 saturated heterocycles. The summed E-state index contributed by atoms with van der Waals surface area (Å²) in [5.74, 6) is 2.01. The van der Waals surface area contributed by atoms with Gasteiger partial charge < -0.3 is 15.2 Å². The second kappa shape index (κ2) is 2.76. The van der Waals surface area contributed by atoms with Gasteiger partial charge in [-0.3, -0.25) is 0 Å². The summed E-state index contributed by atoms with van der Waals surface area (Å²) in [5, 5.41) is 0. The molecule has 76 valence electrons. The SMILES string of the molecule is C=C1Cc2cc3c(cc2C(N)=N1)OCO3. The van der Waals surface area contributed by atoms with Crippen LogP contribution in [-0.2, 0) is 6.42 Å². The first-order chi connectivity index (χ1) is 7.24. The molecule has 0 spiro atoms. The number of hydrogen-bond donors (Lipinski definition) is 1. The smallest absolute Gasteiger partial charge is 0.231 e. The van der Waals surface area contributed by atoms with Gasteiger partial charge in [-0.15, -0.1) is 0 Å². The molecule has 0 saturated carbocycles. The van der Waals surface area contributed by atoms with Gasteiger partial charge in [0, 0.05) is 17.7 Å². The Morgan fingerprint density at radius 3 is 2.80 bits per heavy atom. The third-order valence-electron chi connectivity index (χ3n) is 2.55. The second-order valence-corrected chi connectivity index (χ2v) is 3.60. The van der Waals surface area contributed by atoms with E-state index in [1.165, 1.54) is 0 Å². The molecule has 0 atom stereocenters. The van der Waals surface area contributed by atoms with Crippen LogP contribution in [0.4, 0.5) is 0 Å². The van der Waals surface area contributed by atoms with Crippen molar-refractivity contribution < 1.29 is 9.47 Å². The summed E-state index contributed by atoms with van der Waals surface area (Å²) in [6.07, 6.45) is 0.715. The van der Waals surface area contributed by atoms with E-state index in [0.717, 1.165) is 28.3 Å². The Hall–Kier alpha value is -1.97. The average molecular weight is 202 g/mol. The fraction of sp³-hybridized carbons (Fsp3) is 0.182. The van der Waals surface area contributed by atoms with Crippen molar-refractivity contribution in [2.24, 2.45) is 10.7 Å². The number of nitrogens with two attached hydrogens (primary N) is 1. The molecule has 0 radical (unpaired) electrons. The Bertz CT molecular complexity index is 492. The summed E-state index contributed by atoms with van der Waals surface area (Å²) in [6.45, 7) is 4.09. The highest BCUT2D eigenvalue weighted by Gasteiger charge is 2.21. The van der Waals surface area contributed by atoms with Crippen molar-refractivity contribution in [2.75, 3.05) is 6.79 Å². The number of hydrogen-bond acceptors (Lipinski definition) is 4. The first kappa shape index (κ1) is 8.35. The van der Waals surface area contributed by atoms with Gasteiger partial charge in [0.05, 0.1) is 0 Å². The van der Waals surface area contributed by atoms with Crippen LogP contribution in [0.15, 0.2) is 29.4 Å². The maximum atomic E-state index is 5.82. The quantitative estimate of drug-likeness (QED) is 0.687. The molecule has 0 fully saturated rings. The van der Waals surface area contributed by atoms with Gasteiger partial charge in [0.15, 0.2) is 11.5 Å². The van der Waals surface area contributed by atoms with Crippen LogP contribution in [0.2, 0.25) is 0 Å². The number of benzene rings is 1. The molecule has 1 aromatic carbocycles. The zero-order valence-electron chi connectivity index (χ0n) is 8.12. The third kappa shape index (κ3) is 1.18. The van der Waals surface area contributed by atoms with Crippen LogP contribution in [0.3, 0.4) is 0 Å². The standard InChI is InChI=1S/C11H10N2O2/c1-6-2-7-3-9-10(15-5-14-9)4-8(7)11(12)13-6/h3-4H,1-2,5H2,(H2,12,13). The number of fused-ring (bicyclic) bond motifs is 2. The lowest BCUT2D eigenvalue weighted by Crippen LogP contribution is -2.19. The van der Waals surface area contributed by atoms with Crippen molar-refractivity contribution in [1.29, 1.82) is 0 Å². The van der Waals surface area contributed by atoms with E-state index in [0.29, 0.717) is 12.3 Å². The van der Waals surface area contributed by atoms with E-state index in [9.17, 15) is 0 Å². The van der Waals surface area contributed by atoms with Crippen molar-refractivity contribution in [3.8, 4) is 11.5 Å². The van der Waals surface area contributed by atoms with Gasteiger partial charge in [0.2, 0.25) is 6.79 Å². The molecule has 2 aliphatic heterocycles. The van der Waals surface area contributed by atoms with Crippen LogP contribution >= 0.6 is 0 Å². The van der Waals surface area contributed by atoms with E-state index in [2.05, 4.69) is 11.6 Å². The fourth-order valence-electron chi connectivity index (χ4n) is 1.86. The van der Waals surface area contributed by atoms with Crippen LogP contribution in [0.1, 0.15) is 11.1 Å². The summed E-state index contributed by atoms with van der Waals surface area (Å²) < 4.78 is 10.6. The first-order valence-electron chi connectivity index (χ1n) is 4.69. The van der Waals surface area contributed by atoms with Crippen LogP contribution in [-0.4, -0.2) is 12.6 Å². The minimum atomic E-state index is 0.274. The number of nitrogens with zero attached hydrogens (tertiary/aromatic N) is 1. The molecule has 4 heteroatoms. The molecule has 0 aliphatic carbocycles. The maximum Gasteiger partial charge on any atom is 0.231 e. The summed E-state index contributed by atoms with van der Waals surface area (Å²) in [6, 6.07) is 3.83. The molecule has 0 bridgehead atoms. The lowest BCUT2D eigenvalue weighted by Gasteiger charge is -2.15. The molecule has 15 heavy (non-hydrogen) atoms. The first-order valence-corrected chi connectivity index (χ1v) is 4.69. The highest BCUT2D eigenvalue weighted by molar-refractivity contribution is 6.01. The monoisotopic (exact) mass is 202 g/mol. The van der Waals surface area contributed by atoms with Crippen LogP contribution in [0.5, 0.6) is 11.5 Å². The van der Waals surface area contributed by atoms with Gasteiger partial charge >= 0.3 is 0 Å². The van der Waals surface area contributed by atoms with Gasteiger partial charge in [-0.25, -0.2) is 4.99 Å². The van der Waals surface area contributed by atoms with Crippen molar-refractivity contribution in [1.82, 2.24) is 0 Å². The Balaban J connectivity index is 2.20. The summed E-state index contributed by atoms with van der Waals surface area (Å²) in [5.41, 5.74) is 8.62. The molecular weight excluding hydrogens is 192 g/mol. The van der Waals surface area contributed by atoms with E-state index in [4.69, 9.17) is 15.2 Å². The van der Waals surface area contributed by atoms with E-state index >= 15 is 0 Å². The Morgan fingerprint density at radius 1 is 1.27 bits per heavy atom. The van der Waals surface area contributed by atoms with Crippen molar-refractivity contribution in [3.05, 3.63) is 35.5 Å². The van der Waals surface area contributed by atoms with Crippen molar-refractivity contribution in [3.63, 3.8) is 0 Å². The second-order valence-electron chi connectivity index (χ2n) is 3.60. The van der Waals surface area contributed by atoms with Gasteiger partial charge in [0.25, 0.3) is 0 Å². The highest BCUT2D eigenvalue weighted by atomic mass is 16.7. The summed E-state index contributed by atoms with van der Waals surface area (Å²) in [7, 11) is 0. The Labute approximate surface area is 87.0 Å². The molecule has 0 unspecified atom stereocenters. The van der Waals surface area contributed by atoms with Gasteiger partial charge in [-0.05, 0) is 17.7 Å². The summed E-state index contributed by atoms with van der Waals surface area (Å²) in [4.78, 5) is 4.15. The van der Waals surface area contributed by atoms with Gasteiger partial charge in [-0.2, -0.15) is 0 Å². The maximum absolute atomic E-state index is 5.82. The van der Waals surface area contributed by atoms with Gasteiger partial charge in [0.1, 0.15) is 5.84 Å². The normalized spacial score (nSPS) is 17.3.